The Labute approximate surface area is 201 Å². The average Bonchev–Trinajstić information content (AvgIpc) is 3.11. The monoisotopic (exact) mass is 483 g/mol. The predicted molar refractivity (Wildman–Crippen MR) is 126 cm³/mol. The van der Waals surface area contributed by atoms with Crippen molar-refractivity contribution in [1.82, 2.24) is 9.80 Å². The standard InChI is InChI=1S/C24H26FN5O5/c25-19-11-16(5-6-20(19)28-7-9-29(10-8-28)24(35)21(32)14-31)27-12-15(26)13-30-22(33)17-3-1-2-4-18(17)23(30)34/h1-6,11-12,21,27,31-32H,7-10,13-14,26H2/b15-12-. The van der Waals surface area contributed by atoms with Gasteiger partial charge in [-0.3, -0.25) is 19.3 Å². The van der Waals surface area contributed by atoms with Crippen LogP contribution in [0.2, 0.25) is 0 Å². The van der Waals surface area contributed by atoms with Gasteiger partial charge in [-0.25, -0.2) is 4.39 Å². The fraction of sp³-hybridized carbons (Fsp3) is 0.292. The van der Waals surface area contributed by atoms with Crippen LogP contribution >= 0.6 is 0 Å². The molecule has 2 aliphatic rings. The number of nitrogens with one attached hydrogen (secondary N) is 1. The molecule has 1 atom stereocenters. The fourth-order valence-corrected chi connectivity index (χ4v) is 4.10. The molecule has 2 aromatic rings. The largest absolute Gasteiger partial charge is 0.399 e. The van der Waals surface area contributed by atoms with Gasteiger partial charge in [0, 0.05) is 43.8 Å². The van der Waals surface area contributed by atoms with Gasteiger partial charge >= 0.3 is 0 Å². The van der Waals surface area contributed by atoms with Crippen molar-refractivity contribution < 1.29 is 29.0 Å². The van der Waals surface area contributed by atoms with Crippen LogP contribution in [0.4, 0.5) is 15.8 Å². The van der Waals surface area contributed by atoms with Crippen molar-refractivity contribution in [3.63, 3.8) is 0 Å². The normalized spacial score (nSPS) is 17.0. The maximum atomic E-state index is 14.8. The second-order valence-electron chi connectivity index (χ2n) is 8.28. The number of nitrogens with zero attached hydrogens (tertiary/aromatic N) is 3. The first-order chi connectivity index (χ1) is 16.8. The lowest BCUT2D eigenvalue weighted by molar-refractivity contribution is -0.142. The lowest BCUT2D eigenvalue weighted by Crippen LogP contribution is -2.52. The minimum atomic E-state index is -1.44. The highest BCUT2D eigenvalue weighted by molar-refractivity contribution is 6.21. The van der Waals surface area contributed by atoms with E-state index in [0.29, 0.717) is 48.7 Å². The van der Waals surface area contributed by atoms with Crippen molar-refractivity contribution in [2.24, 2.45) is 5.73 Å². The molecular weight excluding hydrogens is 457 g/mol. The zero-order valence-corrected chi connectivity index (χ0v) is 18.9. The van der Waals surface area contributed by atoms with E-state index in [9.17, 15) is 23.9 Å². The summed E-state index contributed by atoms with van der Waals surface area (Å²) in [4.78, 5) is 41.2. The van der Waals surface area contributed by atoms with E-state index in [-0.39, 0.29) is 12.2 Å². The Morgan fingerprint density at radius 2 is 1.71 bits per heavy atom. The number of anilines is 2. The van der Waals surface area contributed by atoms with E-state index in [2.05, 4.69) is 5.32 Å². The molecule has 10 nitrogen and oxygen atoms in total. The molecule has 11 heteroatoms. The van der Waals surface area contributed by atoms with E-state index in [1.807, 2.05) is 0 Å². The summed E-state index contributed by atoms with van der Waals surface area (Å²) in [5, 5.41) is 21.3. The molecule has 2 aliphatic heterocycles. The summed E-state index contributed by atoms with van der Waals surface area (Å²) in [6.07, 6.45) is -0.0318. The van der Waals surface area contributed by atoms with E-state index < -0.39 is 36.2 Å². The van der Waals surface area contributed by atoms with Gasteiger partial charge in [-0.05, 0) is 30.3 Å². The van der Waals surface area contributed by atoms with Gasteiger partial charge in [0.25, 0.3) is 17.7 Å². The Hall–Kier alpha value is -3.96. The third kappa shape index (κ3) is 4.96. The molecule has 1 fully saturated rings. The number of carbonyl (C=O) groups excluding carboxylic acids is 3. The first-order valence-corrected chi connectivity index (χ1v) is 11.1. The van der Waals surface area contributed by atoms with Crippen LogP contribution in [0, 0.1) is 5.82 Å². The van der Waals surface area contributed by atoms with Gasteiger partial charge in [-0.1, -0.05) is 12.1 Å². The molecule has 0 bridgehead atoms. The first kappa shape index (κ1) is 24.2. The lowest BCUT2D eigenvalue weighted by Gasteiger charge is -2.36. The van der Waals surface area contributed by atoms with Gasteiger partial charge in [0.05, 0.1) is 30.0 Å². The molecule has 0 radical (unpaired) electrons. The van der Waals surface area contributed by atoms with E-state index >= 15 is 0 Å². The fourth-order valence-electron chi connectivity index (χ4n) is 4.10. The molecule has 2 aromatic carbocycles. The summed E-state index contributed by atoms with van der Waals surface area (Å²) >= 11 is 0. The Bertz CT molecular complexity index is 1140. The maximum absolute atomic E-state index is 14.8. The summed E-state index contributed by atoms with van der Waals surface area (Å²) in [5.41, 5.74) is 7.69. The second-order valence-corrected chi connectivity index (χ2v) is 8.28. The van der Waals surface area contributed by atoms with Gasteiger partial charge in [0.15, 0.2) is 6.10 Å². The Balaban J connectivity index is 1.34. The van der Waals surface area contributed by atoms with E-state index in [0.717, 1.165) is 4.90 Å². The SMILES string of the molecule is N/C(=C\Nc1ccc(N2CCN(C(=O)C(O)CO)CC2)c(F)c1)CN1C(=O)c2ccccc2C1=O. The number of fused-ring (bicyclic) bond motifs is 1. The highest BCUT2D eigenvalue weighted by Crippen LogP contribution is 2.25. The Morgan fingerprint density at radius 1 is 1.09 bits per heavy atom. The zero-order valence-electron chi connectivity index (χ0n) is 18.9. The van der Waals surface area contributed by atoms with Gasteiger partial charge in [0.2, 0.25) is 0 Å². The molecule has 0 saturated carbocycles. The lowest BCUT2D eigenvalue weighted by atomic mass is 10.1. The van der Waals surface area contributed by atoms with Crippen LogP contribution in [0.15, 0.2) is 54.4 Å². The maximum Gasteiger partial charge on any atom is 0.261 e. The number of aliphatic hydroxyl groups is 2. The number of hydrogen-bond donors (Lipinski definition) is 4. The van der Waals surface area contributed by atoms with Crippen LogP contribution in [-0.4, -0.2) is 83.2 Å². The second kappa shape index (κ2) is 10.1. The number of halogens is 1. The van der Waals surface area contributed by atoms with Crippen LogP contribution in [0.25, 0.3) is 0 Å². The van der Waals surface area contributed by atoms with Crippen molar-refractivity contribution in [2.75, 3.05) is 49.5 Å². The van der Waals surface area contributed by atoms with E-state index in [1.54, 1.807) is 41.3 Å². The molecule has 0 aromatic heterocycles. The van der Waals surface area contributed by atoms with Gasteiger partial charge in [0.1, 0.15) is 5.82 Å². The highest BCUT2D eigenvalue weighted by Gasteiger charge is 2.35. The average molecular weight is 484 g/mol. The number of carbonyl (C=O) groups is 3. The summed E-state index contributed by atoms with van der Waals surface area (Å²) in [6.45, 7) is 0.605. The van der Waals surface area contributed by atoms with Gasteiger partial charge < -0.3 is 31.1 Å². The number of amides is 3. The van der Waals surface area contributed by atoms with Crippen LogP contribution in [-0.2, 0) is 4.79 Å². The summed E-state index contributed by atoms with van der Waals surface area (Å²) < 4.78 is 14.8. The molecule has 3 amide bonds. The number of nitrogens with two attached hydrogens (primary N) is 1. The molecule has 1 saturated heterocycles. The van der Waals surface area contributed by atoms with Crippen molar-refractivity contribution in [3.8, 4) is 0 Å². The molecule has 5 N–H and O–H groups in total. The summed E-state index contributed by atoms with van der Waals surface area (Å²) in [5.74, 6) is -1.84. The number of piperazine rings is 1. The number of hydrogen-bond acceptors (Lipinski definition) is 8. The van der Waals surface area contributed by atoms with Crippen LogP contribution in [0.5, 0.6) is 0 Å². The van der Waals surface area contributed by atoms with Gasteiger partial charge in [-0.2, -0.15) is 0 Å². The molecule has 35 heavy (non-hydrogen) atoms. The van der Waals surface area contributed by atoms with Crippen LogP contribution in [0.1, 0.15) is 20.7 Å². The summed E-state index contributed by atoms with van der Waals surface area (Å²) in [7, 11) is 0. The molecular formula is C24H26FN5O5. The number of benzene rings is 2. The molecule has 1 unspecified atom stereocenters. The third-order valence-corrected chi connectivity index (χ3v) is 5.98. The van der Waals surface area contributed by atoms with Gasteiger partial charge in [-0.15, -0.1) is 0 Å². The van der Waals surface area contributed by atoms with Crippen LogP contribution < -0.4 is 16.0 Å². The summed E-state index contributed by atoms with van der Waals surface area (Å²) in [6, 6.07) is 11.1. The van der Waals surface area contributed by atoms with E-state index in [4.69, 9.17) is 10.8 Å². The zero-order chi connectivity index (χ0) is 25.1. The minimum Gasteiger partial charge on any atom is -0.399 e. The van der Waals surface area contributed by atoms with Crippen LogP contribution in [0.3, 0.4) is 0 Å². The molecule has 184 valence electrons. The number of rotatable bonds is 7. The third-order valence-electron chi connectivity index (χ3n) is 5.98. The number of aliphatic hydroxyl groups excluding tert-OH is 2. The van der Waals surface area contributed by atoms with Crippen molar-refractivity contribution >= 4 is 29.1 Å². The Morgan fingerprint density at radius 3 is 2.29 bits per heavy atom. The minimum absolute atomic E-state index is 0.103. The van der Waals surface area contributed by atoms with Crippen molar-refractivity contribution in [3.05, 3.63) is 71.3 Å². The molecule has 0 spiro atoms. The van der Waals surface area contributed by atoms with Crippen molar-refractivity contribution in [1.29, 1.82) is 0 Å². The topological polar surface area (TPSA) is 139 Å². The number of imide groups is 1. The molecule has 2 heterocycles. The first-order valence-electron chi connectivity index (χ1n) is 11.1. The quantitative estimate of drug-likeness (QED) is 0.414. The highest BCUT2D eigenvalue weighted by atomic mass is 19.1. The molecule has 4 rings (SSSR count). The smallest absolute Gasteiger partial charge is 0.261 e. The predicted octanol–water partition coefficient (Wildman–Crippen LogP) is 0.336. The van der Waals surface area contributed by atoms with E-state index in [1.165, 1.54) is 17.2 Å². The Kier molecular flexibility index (Phi) is 6.99. The molecule has 0 aliphatic carbocycles. The van der Waals surface area contributed by atoms with Crippen molar-refractivity contribution in [2.45, 2.75) is 6.10 Å².